The Balaban J connectivity index is 2.56. The first-order valence-corrected chi connectivity index (χ1v) is 5.88. The largest absolute Gasteiger partial charge is 0.312 e. The molecule has 0 aliphatic heterocycles. The van der Waals surface area contributed by atoms with Crippen LogP contribution in [0.4, 0.5) is 4.39 Å². The number of nitrogens with one attached hydrogen (secondary N) is 1. The molecule has 1 aromatic rings. The van der Waals surface area contributed by atoms with Gasteiger partial charge in [0.2, 0.25) is 0 Å². The van der Waals surface area contributed by atoms with Crippen molar-refractivity contribution in [3.63, 3.8) is 0 Å². The molecule has 0 radical (unpaired) electrons. The van der Waals surface area contributed by atoms with Crippen molar-refractivity contribution in [3.05, 3.63) is 35.1 Å². The Morgan fingerprint density at radius 2 is 2.12 bits per heavy atom. The molecule has 0 aromatic heterocycles. The van der Waals surface area contributed by atoms with Crippen molar-refractivity contribution < 1.29 is 4.39 Å². The average Bonchev–Trinajstić information content (AvgIpc) is 2.31. The van der Waals surface area contributed by atoms with E-state index in [9.17, 15) is 4.39 Å². The van der Waals surface area contributed by atoms with Gasteiger partial charge in [0.05, 0.1) is 11.6 Å². The average molecular weight is 234 g/mol. The van der Waals surface area contributed by atoms with Crippen LogP contribution in [0.5, 0.6) is 0 Å². The predicted octanol–water partition coefficient (Wildman–Crippen LogP) is 3.22. The summed E-state index contributed by atoms with van der Waals surface area (Å²) in [7, 11) is 0. The van der Waals surface area contributed by atoms with Crippen LogP contribution in [0.3, 0.4) is 0 Å². The highest BCUT2D eigenvalue weighted by molar-refractivity contribution is 5.32. The summed E-state index contributed by atoms with van der Waals surface area (Å²) in [6.45, 7) is 7.85. The molecule has 0 heterocycles. The summed E-state index contributed by atoms with van der Waals surface area (Å²) in [6.07, 6.45) is 1.08. The van der Waals surface area contributed by atoms with Crippen LogP contribution in [0.2, 0.25) is 0 Å². The fourth-order valence-corrected chi connectivity index (χ4v) is 1.42. The fourth-order valence-electron chi connectivity index (χ4n) is 1.42. The van der Waals surface area contributed by atoms with E-state index in [0.29, 0.717) is 17.7 Å². The maximum absolute atomic E-state index is 13.5. The molecule has 0 saturated heterocycles. The minimum absolute atomic E-state index is 0.225. The highest BCUT2D eigenvalue weighted by Gasteiger charge is 2.14. The number of halogens is 1. The van der Waals surface area contributed by atoms with Crippen molar-refractivity contribution in [2.75, 3.05) is 6.54 Å². The van der Waals surface area contributed by atoms with Crippen molar-refractivity contribution >= 4 is 0 Å². The summed E-state index contributed by atoms with van der Waals surface area (Å²) >= 11 is 0. The summed E-state index contributed by atoms with van der Waals surface area (Å²) in [5.74, 6) is -0.314. The first-order chi connectivity index (χ1) is 7.98. The number of rotatable bonds is 5. The molecule has 0 unspecified atom stereocenters. The molecule has 2 nitrogen and oxygen atoms in total. The Hall–Kier alpha value is -1.40. The Morgan fingerprint density at radius 3 is 2.65 bits per heavy atom. The molecule has 0 atom stereocenters. The maximum atomic E-state index is 13.5. The third kappa shape index (κ3) is 4.16. The van der Waals surface area contributed by atoms with Crippen LogP contribution < -0.4 is 5.32 Å². The summed E-state index contributed by atoms with van der Waals surface area (Å²) in [6, 6.07) is 6.51. The lowest BCUT2D eigenvalue weighted by Crippen LogP contribution is -2.28. The van der Waals surface area contributed by atoms with Crippen LogP contribution in [0.25, 0.3) is 0 Å². The van der Waals surface area contributed by atoms with E-state index in [1.807, 2.05) is 6.07 Å². The molecule has 0 aliphatic rings. The van der Waals surface area contributed by atoms with Crippen LogP contribution >= 0.6 is 0 Å². The van der Waals surface area contributed by atoms with Gasteiger partial charge in [0, 0.05) is 18.7 Å². The summed E-state index contributed by atoms with van der Waals surface area (Å²) in [5, 5.41) is 11.9. The van der Waals surface area contributed by atoms with Gasteiger partial charge < -0.3 is 5.32 Å². The minimum atomic E-state index is -0.314. The lowest BCUT2D eigenvalue weighted by atomic mass is 9.90. The number of hydrogen-bond donors (Lipinski definition) is 1. The Bertz CT molecular complexity index is 419. The quantitative estimate of drug-likeness (QED) is 0.849. The zero-order valence-corrected chi connectivity index (χ0v) is 10.7. The van der Waals surface area contributed by atoms with Gasteiger partial charge in [0.25, 0.3) is 0 Å². The molecule has 0 saturated carbocycles. The van der Waals surface area contributed by atoms with Gasteiger partial charge in [-0.25, -0.2) is 4.39 Å². The van der Waals surface area contributed by atoms with Gasteiger partial charge >= 0.3 is 0 Å². The van der Waals surface area contributed by atoms with Crippen LogP contribution in [0.1, 0.15) is 38.3 Å². The molecule has 0 bridgehead atoms. The fraction of sp³-hybridized carbons (Fsp3) is 0.500. The van der Waals surface area contributed by atoms with Crippen LogP contribution in [-0.2, 0) is 6.54 Å². The monoisotopic (exact) mass is 234 g/mol. The molecule has 0 spiro atoms. The molecule has 1 N–H and O–H groups in total. The van der Waals surface area contributed by atoms with Crippen molar-refractivity contribution in [2.45, 2.75) is 33.7 Å². The van der Waals surface area contributed by atoms with E-state index in [0.717, 1.165) is 13.0 Å². The topological polar surface area (TPSA) is 35.8 Å². The summed E-state index contributed by atoms with van der Waals surface area (Å²) in [4.78, 5) is 0. The molecule has 3 heteroatoms. The minimum Gasteiger partial charge on any atom is -0.312 e. The molecular weight excluding hydrogens is 215 g/mol. The number of nitriles is 1. The Morgan fingerprint density at radius 1 is 1.41 bits per heavy atom. The van der Waals surface area contributed by atoms with Gasteiger partial charge in [-0.3, -0.25) is 0 Å². The van der Waals surface area contributed by atoms with Gasteiger partial charge in [-0.05, 0) is 24.0 Å². The first kappa shape index (κ1) is 13.7. The molecule has 0 aliphatic carbocycles. The van der Waals surface area contributed by atoms with E-state index in [4.69, 9.17) is 5.26 Å². The first-order valence-electron chi connectivity index (χ1n) is 5.88. The van der Waals surface area contributed by atoms with Gasteiger partial charge in [-0.1, -0.05) is 26.8 Å². The lowest BCUT2D eigenvalue weighted by Gasteiger charge is -2.23. The van der Waals surface area contributed by atoms with E-state index >= 15 is 0 Å². The van der Waals surface area contributed by atoms with Crippen molar-refractivity contribution in [3.8, 4) is 6.07 Å². The molecular formula is C14H19FN2. The standard InChI is InChI=1S/C14H19FN2/c1-4-14(2,3)10-17-9-12-6-5-11(8-16)7-13(12)15/h5-7,17H,4,9-10H2,1-3H3. The van der Waals surface area contributed by atoms with Crippen LogP contribution in [0.15, 0.2) is 18.2 Å². The van der Waals surface area contributed by atoms with E-state index in [2.05, 4.69) is 26.1 Å². The van der Waals surface area contributed by atoms with E-state index < -0.39 is 0 Å². The zero-order chi connectivity index (χ0) is 12.9. The summed E-state index contributed by atoms with van der Waals surface area (Å²) in [5.41, 5.74) is 1.19. The maximum Gasteiger partial charge on any atom is 0.129 e. The van der Waals surface area contributed by atoms with Crippen molar-refractivity contribution in [1.29, 1.82) is 5.26 Å². The third-order valence-electron chi connectivity index (χ3n) is 3.06. The number of nitrogens with zero attached hydrogens (tertiary/aromatic N) is 1. The van der Waals surface area contributed by atoms with Crippen LogP contribution in [-0.4, -0.2) is 6.54 Å². The van der Waals surface area contributed by atoms with Crippen LogP contribution in [0, 0.1) is 22.6 Å². The molecule has 1 rings (SSSR count). The second kappa shape index (κ2) is 5.79. The normalized spacial score (nSPS) is 11.2. The van der Waals surface area contributed by atoms with Gasteiger partial charge in [0.15, 0.2) is 0 Å². The number of benzene rings is 1. The second-order valence-electron chi connectivity index (χ2n) is 5.04. The smallest absolute Gasteiger partial charge is 0.129 e. The highest BCUT2D eigenvalue weighted by Crippen LogP contribution is 2.18. The Labute approximate surface area is 102 Å². The van der Waals surface area contributed by atoms with E-state index in [1.54, 1.807) is 12.1 Å². The summed E-state index contributed by atoms with van der Waals surface area (Å²) < 4.78 is 13.5. The molecule has 92 valence electrons. The highest BCUT2D eigenvalue weighted by atomic mass is 19.1. The molecule has 17 heavy (non-hydrogen) atoms. The van der Waals surface area contributed by atoms with E-state index in [1.165, 1.54) is 6.07 Å². The van der Waals surface area contributed by atoms with Crippen molar-refractivity contribution in [2.24, 2.45) is 5.41 Å². The van der Waals surface area contributed by atoms with Gasteiger partial charge in [-0.2, -0.15) is 5.26 Å². The third-order valence-corrected chi connectivity index (χ3v) is 3.06. The van der Waals surface area contributed by atoms with Gasteiger partial charge in [-0.15, -0.1) is 0 Å². The zero-order valence-electron chi connectivity index (χ0n) is 10.7. The predicted molar refractivity (Wildman–Crippen MR) is 66.9 cm³/mol. The second-order valence-corrected chi connectivity index (χ2v) is 5.04. The number of hydrogen-bond acceptors (Lipinski definition) is 2. The molecule has 0 amide bonds. The van der Waals surface area contributed by atoms with Gasteiger partial charge in [0.1, 0.15) is 5.82 Å². The van der Waals surface area contributed by atoms with Crippen molar-refractivity contribution in [1.82, 2.24) is 5.32 Å². The molecule has 0 fully saturated rings. The Kier molecular flexibility index (Phi) is 4.65. The van der Waals surface area contributed by atoms with E-state index in [-0.39, 0.29) is 11.2 Å². The molecule has 1 aromatic carbocycles. The lowest BCUT2D eigenvalue weighted by molar-refractivity contribution is 0.326. The SMILES string of the molecule is CCC(C)(C)CNCc1ccc(C#N)cc1F.